The van der Waals surface area contributed by atoms with Crippen molar-refractivity contribution in [3.8, 4) is 0 Å². The molecule has 0 radical (unpaired) electrons. The molecule has 1 aromatic carbocycles. The number of aromatic nitrogens is 1. The fraction of sp³-hybridized carbons (Fsp3) is 0.526. The minimum absolute atomic E-state index is 0.257. The van der Waals surface area contributed by atoms with E-state index in [1.807, 2.05) is 18.2 Å². The number of nitrogens with one attached hydrogen (secondary N) is 1. The molecule has 1 aromatic heterocycles. The van der Waals surface area contributed by atoms with Crippen molar-refractivity contribution in [2.45, 2.75) is 19.0 Å². The van der Waals surface area contributed by atoms with Crippen LogP contribution in [0.25, 0.3) is 11.0 Å². The van der Waals surface area contributed by atoms with Gasteiger partial charge in [-0.25, -0.2) is 4.79 Å². The summed E-state index contributed by atoms with van der Waals surface area (Å²) in [4.78, 5) is 30.0. The molecule has 0 saturated carbocycles. The van der Waals surface area contributed by atoms with Crippen LogP contribution in [-0.2, 0) is 16.1 Å². The first-order chi connectivity index (χ1) is 13.7. The van der Waals surface area contributed by atoms with Gasteiger partial charge in [-0.05, 0) is 17.7 Å². The molecule has 3 fully saturated rings. The highest BCUT2D eigenvalue weighted by Gasteiger charge is 2.30. The highest BCUT2D eigenvalue weighted by Crippen LogP contribution is 2.29. The van der Waals surface area contributed by atoms with E-state index in [-0.39, 0.29) is 12.3 Å². The smallest absolute Gasteiger partial charge is 0.329 e. The Hall–Kier alpha value is -2.49. The molecule has 0 spiro atoms. The summed E-state index contributed by atoms with van der Waals surface area (Å²) in [5.41, 5.74) is 1.78. The number of morpholine rings is 1. The zero-order valence-corrected chi connectivity index (χ0v) is 15.6. The SMILES string of the molecule is O=C1CCN(c2noc3ccc(CN4CCN5CCOC[C@H]5C4)cc23)C(=O)N1. The number of benzene rings is 1. The number of imide groups is 1. The third kappa shape index (κ3) is 3.25. The number of ether oxygens (including phenoxy) is 1. The first kappa shape index (κ1) is 17.6. The van der Waals surface area contributed by atoms with Crippen LogP contribution in [0.1, 0.15) is 12.0 Å². The van der Waals surface area contributed by atoms with E-state index in [4.69, 9.17) is 9.26 Å². The van der Waals surface area contributed by atoms with Crippen LogP contribution in [0.5, 0.6) is 0 Å². The fourth-order valence-electron chi connectivity index (χ4n) is 4.25. The Morgan fingerprint density at radius 3 is 3.00 bits per heavy atom. The third-order valence-electron chi connectivity index (χ3n) is 5.75. The lowest BCUT2D eigenvalue weighted by molar-refractivity contribution is -0.120. The van der Waals surface area contributed by atoms with Crippen LogP contribution >= 0.6 is 0 Å². The number of amides is 3. The van der Waals surface area contributed by atoms with Gasteiger partial charge in [0.25, 0.3) is 0 Å². The zero-order chi connectivity index (χ0) is 19.1. The Morgan fingerprint density at radius 1 is 1.18 bits per heavy atom. The largest absolute Gasteiger partial charge is 0.378 e. The molecule has 5 rings (SSSR count). The first-order valence-corrected chi connectivity index (χ1v) is 9.71. The molecule has 0 bridgehead atoms. The van der Waals surface area contributed by atoms with Crippen LogP contribution in [0.3, 0.4) is 0 Å². The molecule has 28 heavy (non-hydrogen) atoms. The van der Waals surface area contributed by atoms with Gasteiger partial charge in [0.1, 0.15) is 0 Å². The maximum Gasteiger partial charge on any atom is 0.329 e. The number of hydrogen-bond acceptors (Lipinski definition) is 7. The molecule has 3 amide bonds. The van der Waals surface area contributed by atoms with Crippen molar-refractivity contribution in [1.29, 1.82) is 0 Å². The summed E-state index contributed by atoms with van der Waals surface area (Å²) < 4.78 is 11.0. The van der Waals surface area contributed by atoms with E-state index in [0.29, 0.717) is 24.0 Å². The Morgan fingerprint density at radius 2 is 2.11 bits per heavy atom. The van der Waals surface area contributed by atoms with Crippen molar-refractivity contribution in [3.63, 3.8) is 0 Å². The summed E-state index contributed by atoms with van der Waals surface area (Å²) in [5.74, 6) is 0.202. The average Bonchev–Trinajstić information content (AvgIpc) is 3.11. The lowest BCUT2D eigenvalue weighted by Gasteiger charge is -2.43. The second kappa shape index (κ2) is 7.16. The van der Waals surface area contributed by atoms with Crippen molar-refractivity contribution < 1.29 is 18.8 Å². The van der Waals surface area contributed by atoms with E-state index >= 15 is 0 Å². The van der Waals surface area contributed by atoms with E-state index in [2.05, 4.69) is 20.3 Å². The highest BCUT2D eigenvalue weighted by atomic mass is 16.5. The molecule has 9 nitrogen and oxygen atoms in total. The summed E-state index contributed by atoms with van der Waals surface area (Å²) in [6.45, 7) is 6.88. The maximum absolute atomic E-state index is 12.2. The topological polar surface area (TPSA) is 91.2 Å². The quantitative estimate of drug-likeness (QED) is 0.835. The lowest BCUT2D eigenvalue weighted by Crippen LogP contribution is -2.57. The molecule has 9 heteroatoms. The van der Waals surface area contributed by atoms with Crippen LogP contribution < -0.4 is 10.2 Å². The Kier molecular flexibility index (Phi) is 4.50. The number of rotatable bonds is 3. The van der Waals surface area contributed by atoms with Gasteiger partial charge in [-0.3, -0.25) is 24.8 Å². The van der Waals surface area contributed by atoms with Crippen molar-refractivity contribution in [2.24, 2.45) is 0 Å². The van der Waals surface area contributed by atoms with Crippen molar-refractivity contribution in [1.82, 2.24) is 20.3 Å². The van der Waals surface area contributed by atoms with Crippen molar-refractivity contribution in [2.75, 3.05) is 50.8 Å². The molecule has 4 heterocycles. The molecular weight excluding hydrogens is 362 g/mol. The Balaban J connectivity index is 1.35. The van der Waals surface area contributed by atoms with Crippen LogP contribution in [0.4, 0.5) is 10.6 Å². The molecule has 148 valence electrons. The average molecular weight is 385 g/mol. The van der Waals surface area contributed by atoms with Gasteiger partial charge in [-0.1, -0.05) is 11.2 Å². The number of anilines is 1. The molecule has 1 N–H and O–H groups in total. The molecular formula is C19H23N5O4. The van der Waals surface area contributed by atoms with Gasteiger partial charge < -0.3 is 9.26 Å². The summed E-state index contributed by atoms with van der Waals surface area (Å²) in [7, 11) is 0. The predicted octanol–water partition coefficient (Wildman–Crippen LogP) is 0.790. The number of hydrogen-bond donors (Lipinski definition) is 1. The van der Waals surface area contributed by atoms with E-state index < -0.39 is 6.03 Å². The number of carbonyl (C=O) groups is 2. The normalized spacial score (nSPS) is 24.4. The summed E-state index contributed by atoms with van der Waals surface area (Å²) in [5, 5.41) is 7.20. The van der Waals surface area contributed by atoms with Gasteiger partial charge in [-0.15, -0.1) is 0 Å². The number of urea groups is 1. The van der Waals surface area contributed by atoms with Crippen LogP contribution in [-0.4, -0.2) is 78.9 Å². The van der Waals surface area contributed by atoms with Crippen molar-refractivity contribution in [3.05, 3.63) is 23.8 Å². The van der Waals surface area contributed by atoms with Gasteiger partial charge in [0.05, 0.1) is 18.6 Å². The van der Waals surface area contributed by atoms with E-state index in [0.717, 1.165) is 56.9 Å². The monoisotopic (exact) mass is 385 g/mol. The lowest BCUT2D eigenvalue weighted by atomic mass is 10.1. The first-order valence-electron chi connectivity index (χ1n) is 9.71. The van der Waals surface area contributed by atoms with Crippen LogP contribution in [0.15, 0.2) is 22.7 Å². The summed E-state index contributed by atoms with van der Waals surface area (Å²) in [6.07, 6.45) is 0.257. The van der Waals surface area contributed by atoms with Gasteiger partial charge in [0.2, 0.25) is 5.91 Å². The molecule has 3 saturated heterocycles. The van der Waals surface area contributed by atoms with E-state index in [9.17, 15) is 9.59 Å². The molecule has 1 atom stereocenters. The standard InChI is InChI=1S/C19H23N5O4/c25-17-3-4-24(19(26)20-17)18-15-9-13(1-2-16(15)28-21-18)10-22-5-6-23-7-8-27-12-14(23)11-22/h1-2,9,14H,3-8,10-12H2,(H,20,25,26)/t14-/m1/s1. The second-order valence-electron chi connectivity index (χ2n) is 7.59. The third-order valence-corrected chi connectivity index (χ3v) is 5.75. The Labute approximate surface area is 162 Å². The molecule has 0 aliphatic carbocycles. The molecule has 0 unspecified atom stereocenters. The summed E-state index contributed by atoms with van der Waals surface area (Å²) >= 11 is 0. The van der Waals surface area contributed by atoms with E-state index in [1.54, 1.807) is 0 Å². The van der Waals surface area contributed by atoms with Gasteiger partial charge in [0.15, 0.2) is 11.4 Å². The summed E-state index contributed by atoms with van der Waals surface area (Å²) in [6, 6.07) is 5.99. The minimum Gasteiger partial charge on any atom is -0.378 e. The zero-order valence-electron chi connectivity index (χ0n) is 15.6. The van der Waals surface area contributed by atoms with Crippen LogP contribution in [0, 0.1) is 0 Å². The Bertz CT molecular complexity index is 913. The molecule has 2 aromatic rings. The van der Waals surface area contributed by atoms with Crippen LogP contribution in [0.2, 0.25) is 0 Å². The van der Waals surface area contributed by atoms with Gasteiger partial charge in [0, 0.05) is 51.7 Å². The highest BCUT2D eigenvalue weighted by molar-refractivity contribution is 6.08. The van der Waals surface area contributed by atoms with Crippen molar-refractivity contribution >= 4 is 28.7 Å². The second-order valence-corrected chi connectivity index (χ2v) is 7.59. The number of carbonyl (C=O) groups excluding carboxylic acids is 2. The van der Waals surface area contributed by atoms with E-state index in [1.165, 1.54) is 4.90 Å². The molecule has 3 aliphatic rings. The minimum atomic E-state index is -0.453. The van der Waals surface area contributed by atoms with Gasteiger partial charge in [-0.2, -0.15) is 0 Å². The predicted molar refractivity (Wildman–Crippen MR) is 101 cm³/mol. The number of piperazine rings is 1. The maximum atomic E-state index is 12.2. The fourth-order valence-corrected chi connectivity index (χ4v) is 4.25. The van der Waals surface area contributed by atoms with Gasteiger partial charge >= 0.3 is 6.03 Å². The molecule has 3 aliphatic heterocycles. The number of nitrogens with zero attached hydrogens (tertiary/aromatic N) is 4. The number of fused-ring (bicyclic) bond motifs is 2.